The molecule has 1 saturated heterocycles. The van der Waals surface area contributed by atoms with Crippen LogP contribution in [0.2, 0.25) is 0 Å². The molecule has 7 heteroatoms. The van der Waals surface area contributed by atoms with E-state index >= 15 is 0 Å². The smallest absolute Gasteiger partial charge is 0.253 e. The van der Waals surface area contributed by atoms with Gasteiger partial charge in [0.25, 0.3) is 5.91 Å². The van der Waals surface area contributed by atoms with Crippen LogP contribution in [0.4, 0.5) is 10.1 Å². The Labute approximate surface area is 159 Å². The van der Waals surface area contributed by atoms with Crippen molar-refractivity contribution in [1.29, 1.82) is 0 Å². The lowest BCUT2D eigenvalue weighted by atomic mass is 9.95. The number of nitrogens with zero attached hydrogens (tertiary/aromatic N) is 2. The number of carbonyl (C=O) groups excluding carboxylic acids is 2. The summed E-state index contributed by atoms with van der Waals surface area (Å²) in [4.78, 5) is 31.0. The van der Waals surface area contributed by atoms with Crippen molar-refractivity contribution < 1.29 is 14.0 Å². The third-order valence-electron chi connectivity index (χ3n) is 4.84. The largest absolute Gasteiger partial charge is 0.339 e. The molecule has 2 amide bonds. The highest BCUT2D eigenvalue weighted by Gasteiger charge is 2.28. The van der Waals surface area contributed by atoms with Crippen LogP contribution in [0.15, 0.2) is 48.0 Å². The van der Waals surface area contributed by atoms with E-state index in [4.69, 9.17) is 0 Å². The minimum Gasteiger partial charge on any atom is -0.339 e. The van der Waals surface area contributed by atoms with Gasteiger partial charge in [0.2, 0.25) is 5.91 Å². The van der Waals surface area contributed by atoms with Crippen LogP contribution in [0.5, 0.6) is 0 Å². The highest BCUT2D eigenvalue weighted by Crippen LogP contribution is 2.24. The van der Waals surface area contributed by atoms with Crippen molar-refractivity contribution in [2.75, 3.05) is 18.4 Å². The molecule has 4 rings (SSSR count). The summed E-state index contributed by atoms with van der Waals surface area (Å²) in [6.07, 6.45) is 1.22. The Morgan fingerprint density at radius 3 is 2.59 bits per heavy atom. The molecule has 0 atom stereocenters. The molecule has 1 N–H and O–H groups in total. The SMILES string of the molecule is O=C(Nc1ccc2scnc2c1)C1CCN(C(=O)c2ccc(F)cc2)CC1. The fourth-order valence-corrected chi connectivity index (χ4v) is 3.96. The first-order chi connectivity index (χ1) is 13.1. The Kier molecular flexibility index (Phi) is 4.85. The first kappa shape index (κ1) is 17.6. The van der Waals surface area contributed by atoms with Crippen LogP contribution in [0.3, 0.4) is 0 Å². The maximum atomic E-state index is 13.0. The number of piperidine rings is 1. The quantitative estimate of drug-likeness (QED) is 0.746. The van der Waals surface area contributed by atoms with Gasteiger partial charge in [-0.25, -0.2) is 9.37 Å². The molecule has 1 aliphatic rings. The van der Waals surface area contributed by atoms with Gasteiger partial charge in [-0.15, -0.1) is 11.3 Å². The number of hydrogen-bond acceptors (Lipinski definition) is 4. The Balaban J connectivity index is 1.34. The van der Waals surface area contributed by atoms with E-state index in [2.05, 4.69) is 10.3 Å². The maximum Gasteiger partial charge on any atom is 0.253 e. The fourth-order valence-electron chi connectivity index (χ4n) is 3.30. The van der Waals surface area contributed by atoms with Gasteiger partial charge in [0.15, 0.2) is 0 Å². The van der Waals surface area contributed by atoms with Crippen LogP contribution in [-0.2, 0) is 4.79 Å². The highest BCUT2D eigenvalue weighted by molar-refractivity contribution is 7.16. The predicted molar refractivity (Wildman–Crippen MR) is 103 cm³/mol. The third-order valence-corrected chi connectivity index (χ3v) is 5.65. The number of benzene rings is 2. The second-order valence-electron chi connectivity index (χ2n) is 6.60. The topological polar surface area (TPSA) is 62.3 Å². The Morgan fingerprint density at radius 2 is 1.85 bits per heavy atom. The standard InChI is InChI=1S/C20H18FN3O2S/c21-15-3-1-14(2-4-15)20(26)24-9-7-13(8-10-24)19(25)23-16-5-6-18-17(11-16)22-12-27-18/h1-6,11-13H,7-10H2,(H,23,25). The van der Waals surface area contributed by atoms with Crippen LogP contribution in [0.1, 0.15) is 23.2 Å². The van der Waals surface area contributed by atoms with Crippen molar-refractivity contribution >= 4 is 39.1 Å². The van der Waals surface area contributed by atoms with Gasteiger partial charge in [-0.1, -0.05) is 0 Å². The summed E-state index contributed by atoms with van der Waals surface area (Å²) >= 11 is 1.56. The molecule has 2 heterocycles. The number of hydrogen-bond donors (Lipinski definition) is 1. The maximum absolute atomic E-state index is 13.0. The number of anilines is 1. The van der Waals surface area contributed by atoms with Crippen molar-refractivity contribution in [3.05, 3.63) is 59.4 Å². The lowest BCUT2D eigenvalue weighted by molar-refractivity contribution is -0.121. The molecule has 1 aromatic heterocycles. The molecule has 2 aromatic carbocycles. The summed E-state index contributed by atoms with van der Waals surface area (Å²) in [5.41, 5.74) is 3.86. The van der Waals surface area contributed by atoms with E-state index in [0.717, 1.165) is 15.9 Å². The zero-order valence-electron chi connectivity index (χ0n) is 14.5. The first-order valence-electron chi connectivity index (χ1n) is 8.79. The molecule has 0 unspecified atom stereocenters. The van der Waals surface area contributed by atoms with Gasteiger partial charge >= 0.3 is 0 Å². The van der Waals surface area contributed by atoms with E-state index in [9.17, 15) is 14.0 Å². The molecule has 0 aliphatic carbocycles. The van der Waals surface area contributed by atoms with Crippen molar-refractivity contribution in [2.45, 2.75) is 12.8 Å². The van der Waals surface area contributed by atoms with Gasteiger partial charge in [0.1, 0.15) is 5.82 Å². The number of nitrogens with one attached hydrogen (secondary N) is 1. The van der Waals surface area contributed by atoms with E-state index in [1.165, 1.54) is 24.3 Å². The molecule has 138 valence electrons. The monoisotopic (exact) mass is 383 g/mol. The summed E-state index contributed by atoms with van der Waals surface area (Å²) in [5, 5.41) is 2.96. The number of likely N-dealkylation sites (tertiary alicyclic amines) is 1. The van der Waals surface area contributed by atoms with Crippen molar-refractivity contribution in [3.63, 3.8) is 0 Å². The second-order valence-corrected chi connectivity index (χ2v) is 7.48. The second kappa shape index (κ2) is 7.44. The van der Waals surface area contributed by atoms with Gasteiger partial charge in [0.05, 0.1) is 15.7 Å². The minimum absolute atomic E-state index is 0.0292. The molecular weight excluding hydrogens is 365 g/mol. The lowest BCUT2D eigenvalue weighted by Gasteiger charge is -2.31. The molecule has 1 fully saturated rings. The van der Waals surface area contributed by atoms with Crippen molar-refractivity contribution in [3.8, 4) is 0 Å². The van der Waals surface area contributed by atoms with Crippen LogP contribution >= 0.6 is 11.3 Å². The Hall–Kier alpha value is -2.80. The van der Waals surface area contributed by atoms with E-state index in [1.54, 1.807) is 21.7 Å². The molecule has 0 bridgehead atoms. The summed E-state index contributed by atoms with van der Waals surface area (Å²) in [7, 11) is 0. The summed E-state index contributed by atoms with van der Waals surface area (Å²) < 4.78 is 14.1. The minimum atomic E-state index is -0.363. The number of carbonyl (C=O) groups is 2. The van der Waals surface area contributed by atoms with Crippen molar-refractivity contribution in [2.24, 2.45) is 5.92 Å². The van der Waals surface area contributed by atoms with Gasteiger partial charge < -0.3 is 10.2 Å². The van der Waals surface area contributed by atoms with E-state index in [0.29, 0.717) is 31.5 Å². The molecule has 0 saturated carbocycles. The lowest BCUT2D eigenvalue weighted by Crippen LogP contribution is -2.41. The average Bonchev–Trinajstić information content (AvgIpc) is 3.16. The third kappa shape index (κ3) is 3.83. The zero-order chi connectivity index (χ0) is 18.8. The summed E-state index contributed by atoms with van der Waals surface area (Å²) in [6, 6.07) is 11.3. The molecular formula is C20H18FN3O2S. The fraction of sp³-hybridized carbons (Fsp3) is 0.250. The highest BCUT2D eigenvalue weighted by atomic mass is 32.1. The van der Waals surface area contributed by atoms with E-state index < -0.39 is 0 Å². The Morgan fingerprint density at radius 1 is 1.11 bits per heavy atom. The number of fused-ring (bicyclic) bond motifs is 1. The number of amides is 2. The average molecular weight is 383 g/mol. The van der Waals surface area contributed by atoms with E-state index in [-0.39, 0.29) is 23.5 Å². The van der Waals surface area contributed by atoms with Gasteiger partial charge in [-0.05, 0) is 55.3 Å². The van der Waals surface area contributed by atoms with Crippen LogP contribution in [0, 0.1) is 11.7 Å². The zero-order valence-corrected chi connectivity index (χ0v) is 15.3. The number of rotatable bonds is 3. The first-order valence-corrected chi connectivity index (χ1v) is 9.67. The van der Waals surface area contributed by atoms with Gasteiger partial charge in [0, 0.05) is 30.3 Å². The molecule has 3 aromatic rings. The van der Waals surface area contributed by atoms with Gasteiger partial charge in [-0.2, -0.15) is 0 Å². The number of aromatic nitrogens is 1. The summed E-state index contributed by atoms with van der Waals surface area (Å²) in [5.74, 6) is -0.646. The molecule has 5 nitrogen and oxygen atoms in total. The van der Waals surface area contributed by atoms with Crippen LogP contribution < -0.4 is 5.32 Å². The predicted octanol–water partition coefficient (Wildman–Crippen LogP) is 3.93. The molecule has 0 spiro atoms. The van der Waals surface area contributed by atoms with Crippen LogP contribution in [-0.4, -0.2) is 34.8 Å². The summed E-state index contributed by atoms with van der Waals surface area (Å²) in [6.45, 7) is 1.03. The Bertz CT molecular complexity index is 978. The molecule has 0 radical (unpaired) electrons. The number of thiazole rings is 1. The van der Waals surface area contributed by atoms with E-state index in [1.807, 2.05) is 18.2 Å². The number of halogens is 1. The normalized spacial score (nSPS) is 15.1. The van der Waals surface area contributed by atoms with Crippen LogP contribution in [0.25, 0.3) is 10.2 Å². The molecule has 27 heavy (non-hydrogen) atoms. The van der Waals surface area contributed by atoms with Crippen molar-refractivity contribution in [1.82, 2.24) is 9.88 Å². The van der Waals surface area contributed by atoms with Gasteiger partial charge in [-0.3, -0.25) is 9.59 Å². The molecule has 1 aliphatic heterocycles.